The third kappa shape index (κ3) is 2.11. The molecule has 0 aromatic heterocycles. The fourth-order valence-corrected chi connectivity index (χ4v) is 2.76. The van der Waals surface area contributed by atoms with Crippen molar-refractivity contribution in [2.75, 3.05) is 0 Å². The number of hydrogen-bond acceptors (Lipinski definition) is 2. The molecule has 0 saturated heterocycles. The molecule has 0 heterocycles. The van der Waals surface area contributed by atoms with Crippen LogP contribution in [0.25, 0.3) is 0 Å². The molecule has 3 unspecified atom stereocenters. The highest BCUT2D eigenvalue weighted by Gasteiger charge is 2.45. The van der Waals surface area contributed by atoms with E-state index in [1.54, 1.807) is 0 Å². The van der Waals surface area contributed by atoms with Gasteiger partial charge < -0.3 is 5.11 Å². The molecule has 0 aliphatic heterocycles. The number of nitriles is 1. The van der Waals surface area contributed by atoms with Gasteiger partial charge in [0.15, 0.2) is 0 Å². The molecule has 4 heteroatoms. The van der Waals surface area contributed by atoms with E-state index in [0.717, 1.165) is 24.6 Å². The van der Waals surface area contributed by atoms with Gasteiger partial charge in [0.25, 0.3) is 0 Å². The molecule has 0 bridgehead atoms. The minimum Gasteiger partial charge on any atom is -0.387 e. The van der Waals surface area contributed by atoms with Crippen LogP contribution in [0.5, 0.6) is 0 Å². The molecule has 1 aromatic rings. The van der Waals surface area contributed by atoms with Crippen molar-refractivity contribution in [3.05, 3.63) is 35.4 Å². The zero-order chi connectivity index (χ0) is 13.3. The van der Waals surface area contributed by atoms with E-state index in [1.165, 1.54) is 0 Å². The number of rotatable bonds is 2. The lowest BCUT2D eigenvalue weighted by Crippen LogP contribution is -2.25. The molecule has 1 fully saturated rings. The first kappa shape index (κ1) is 13.0. The highest BCUT2D eigenvalue weighted by atomic mass is 19.1. The summed E-state index contributed by atoms with van der Waals surface area (Å²) < 4.78 is 26.8. The zero-order valence-corrected chi connectivity index (χ0v) is 10.2. The molecular weight excluding hydrogens is 236 g/mol. The Bertz CT molecular complexity index is 497. The van der Waals surface area contributed by atoms with Crippen LogP contribution < -0.4 is 0 Å². The van der Waals surface area contributed by atoms with Gasteiger partial charge in [0.1, 0.15) is 17.7 Å². The van der Waals surface area contributed by atoms with Gasteiger partial charge in [-0.3, -0.25) is 0 Å². The zero-order valence-electron chi connectivity index (χ0n) is 10.2. The van der Waals surface area contributed by atoms with Crippen molar-refractivity contribution in [2.45, 2.75) is 32.3 Å². The predicted octanol–water partition coefficient (Wildman–Crippen LogP) is 3.33. The summed E-state index contributed by atoms with van der Waals surface area (Å²) in [6.07, 6.45) is 0.576. The maximum atomic E-state index is 13.6. The molecule has 3 atom stereocenters. The number of nitrogens with zero attached hydrogens (tertiary/aromatic N) is 1. The van der Waals surface area contributed by atoms with Crippen molar-refractivity contribution in [3.8, 4) is 6.07 Å². The van der Waals surface area contributed by atoms with Crippen LogP contribution in [0.15, 0.2) is 18.2 Å². The van der Waals surface area contributed by atoms with Gasteiger partial charge in [-0.2, -0.15) is 5.26 Å². The first-order valence-electron chi connectivity index (χ1n) is 6.03. The lowest BCUT2D eigenvalue weighted by Gasteiger charge is -2.27. The van der Waals surface area contributed by atoms with E-state index in [2.05, 4.69) is 6.07 Å². The average molecular weight is 251 g/mol. The SMILES string of the molecule is CC1CCC(C#N)(C(O)c2cc(F)ccc2F)C1. The van der Waals surface area contributed by atoms with Crippen molar-refractivity contribution in [2.24, 2.45) is 11.3 Å². The second-order valence-corrected chi connectivity index (χ2v) is 5.18. The Morgan fingerprint density at radius 3 is 2.78 bits per heavy atom. The van der Waals surface area contributed by atoms with Crippen LogP contribution in [0.1, 0.15) is 37.9 Å². The number of aliphatic hydroxyl groups excluding tert-OH is 1. The highest BCUT2D eigenvalue weighted by Crippen LogP contribution is 2.49. The minimum absolute atomic E-state index is 0.120. The second-order valence-electron chi connectivity index (χ2n) is 5.18. The molecule has 0 amide bonds. The molecule has 2 rings (SSSR count). The summed E-state index contributed by atoms with van der Waals surface area (Å²) in [5.41, 5.74) is -1.11. The van der Waals surface area contributed by atoms with E-state index in [-0.39, 0.29) is 5.56 Å². The molecular formula is C14H15F2NO. The number of benzene rings is 1. The molecule has 0 radical (unpaired) electrons. The van der Waals surface area contributed by atoms with Crippen LogP contribution in [0.3, 0.4) is 0 Å². The Hall–Kier alpha value is -1.47. The molecule has 1 aromatic carbocycles. The Balaban J connectivity index is 2.38. The third-order valence-corrected chi connectivity index (χ3v) is 3.79. The molecule has 1 N–H and O–H groups in total. The molecule has 1 saturated carbocycles. The van der Waals surface area contributed by atoms with Gasteiger partial charge in [0, 0.05) is 5.56 Å². The Morgan fingerprint density at radius 2 is 2.22 bits per heavy atom. The van der Waals surface area contributed by atoms with E-state index in [1.807, 2.05) is 6.92 Å². The van der Waals surface area contributed by atoms with Crippen LogP contribution in [0.2, 0.25) is 0 Å². The summed E-state index contributed by atoms with van der Waals surface area (Å²) >= 11 is 0. The van der Waals surface area contributed by atoms with Crippen molar-refractivity contribution in [3.63, 3.8) is 0 Å². The van der Waals surface area contributed by atoms with Crippen molar-refractivity contribution in [1.29, 1.82) is 5.26 Å². The molecule has 1 aliphatic carbocycles. The summed E-state index contributed by atoms with van der Waals surface area (Å²) in [6.45, 7) is 1.99. The first-order chi connectivity index (χ1) is 8.48. The van der Waals surface area contributed by atoms with Gasteiger partial charge >= 0.3 is 0 Å². The van der Waals surface area contributed by atoms with E-state index < -0.39 is 23.2 Å². The molecule has 1 aliphatic rings. The maximum absolute atomic E-state index is 13.6. The van der Waals surface area contributed by atoms with Crippen molar-refractivity contribution in [1.82, 2.24) is 0 Å². The fraction of sp³-hybridized carbons (Fsp3) is 0.500. The Labute approximate surface area is 105 Å². The summed E-state index contributed by atoms with van der Waals surface area (Å²) in [6, 6.07) is 5.07. The highest BCUT2D eigenvalue weighted by molar-refractivity contribution is 5.26. The Kier molecular flexibility index (Phi) is 3.36. The van der Waals surface area contributed by atoms with E-state index in [9.17, 15) is 19.1 Å². The lowest BCUT2D eigenvalue weighted by molar-refractivity contribution is 0.0612. The molecule has 2 nitrogen and oxygen atoms in total. The maximum Gasteiger partial charge on any atom is 0.129 e. The van der Waals surface area contributed by atoms with Gasteiger partial charge in [-0.1, -0.05) is 6.92 Å². The lowest BCUT2D eigenvalue weighted by atomic mass is 9.78. The van der Waals surface area contributed by atoms with Gasteiger partial charge in [0.2, 0.25) is 0 Å². The van der Waals surface area contributed by atoms with E-state index >= 15 is 0 Å². The summed E-state index contributed by atoms with van der Waals surface area (Å²) in [5, 5.41) is 19.6. The van der Waals surface area contributed by atoms with Gasteiger partial charge in [-0.05, 0) is 43.4 Å². The van der Waals surface area contributed by atoms with Crippen LogP contribution >= 0.6 is 0 Å². The average Bonchev–Trinajstić information content (AvgIpc) is 2.74. The van der Waals surface area contributed by atoms with Crippen molar-refractivity contribution >= 4 is 0 Å². The van der Waals surface area contributed by atoms with E-state index in [4.69, 9.17) is 0 Å². The van der Waals surface area contributed by atoms with Gasteiger partial charge in [-0.25, -0.2) is 8.78 Å². The topological polar surface area (TPSA) is 44.0 Å². The number of hydrogen-bond donors (Lipinski definition) is 1. The quantitative estimate of drug-likeness (QED) is 0.876. The standard InChI is InChI=1S/C14H15F2NO/c1-9-4-5-14(7-9,8-17)13(18)11-6-10(15)2-3-12(11)16/h2-3,6,9,13,18H,4-5,7H2,1H3. The first-order valence-corrected chi connectivity index (χ1v) is 6.03. The summed E-state index contributed by atoms with van der Waals surface area (Å²) in [7, 11) is 0. The largest absolute Gasteiger partial charge is 0.387 e. The monoisotopic (exact) mass is 251 g/mol. The second kappa shape index (κ2) is 4.66. The predicted molar refractivity (Wildman–Crippen MR) is 62.4 cm³/mol. The fourth-order valence-electron chi connectivity index (χ4n) is 2.76. The van der Waals surface area contributed by atoms with Crippen LogP contribution in [0, 0.1) is 34.3 Å². The van der Waals surface area contributed by atoms with Gasteiger partial charge in [0.05, 0.1) is 11.5 Å². The summed E-state index contributed by atoms with van der Waals surface area (Å²) in [4.78, 5) is 0. The van der Waals surface area contributed by atoms with Crippen LogP contribution in [-0.2, 0) is 0 Å². The smallest absolute Gasteiger partial charge is 0.129 e. The molecule has 18 heavy (non-hydrogen) atoms. The Morgan fingerprint density at radius 1 is 1.50 bits per heavy atom. The normalized spacial score (nSPS) is 28.9. The van der Waals surface area contributed by atoms with Crippen LogP contribution in [0.4, 0.5) is 8.78 Å². The molecule has 96 valence electrons. The number of aliphatic hydroxyl groups is 1. The van der Waals surface area contributed by atoms with Crippen LogP contribution in [-0.4, -0.2) is 5.11 Å². The summed E-state index contributed by atoms with van der Waals surface area (Å²) in [5.74, 6) is -0.960. The van der Waals surface area contributed by atoms with E-state index in [0.29, 0.717) is 18.8 Å². The molecule has 0 spiro atoms. The van der Waals surface area contributed by atoms with Gasteiger partial charge in [-0.15, -0.1) is 0 Å². The third-order valence-electron chi connectivity index (χ3n) is 3.79. The van der Waals surface area contributed by atoms with Crippen molar-refractivity contribution < 1.29 is 13.9 Å². The minimum atomic E-state index is -1.27. The number of halogens is 2.